The van der Waals surface area contributed by atoms with Gasteiger partial charge >= 0.3 is 0 Å². The van der Waals surface area contributed by atoms with Crippen LogP contribution in [0.2, 0.25) is 0 Å². The molecular formula is C26H26F2N4O6. The van der Waals surface area contributed by atoms with E-state index in [2.05, 4.69) is 10.7 Å². The molecule has 10 nitrogen and oxygen atoms in total. The highest BCUT2D eigenvalue weighted by atomic mass is 19.1. The predicted molar refractivity (Wildman–Crippen MR) is 132 cm³/mol. The lowest BCUT2D eigenvalue weighted by atomic mass is 10.1. The second-order valence-corrected chi connectivity index (χ2v) is 8.39. The summed E-state index contributed by atoms with van der Waals surface area (Å²) in [6.45, 7) is -0.735. The molecule has 3 aromatic rings. The molecular weight excluding hydrogens is 502 g/mol. The van der Waals surface area contributed by atoms with Crippen LogP contribution in [0.15, 0.2) is 53.3 Å². The number of ether oxygens (including phenoxy) is 2. The average Bonchev–Trinajstić information content (AvgIpc) is 2.91. The van der Waals surface area contributed by atoms with E-state index >= 15 is 0 Å². The van der Waals surface area contributed by atoms with E-state index < -0.39 is 41.0 Å². The Kier molecular flexibility index (Phi) is 8.34. The molecule has 0 bridgehead atoms. The van der Waals surface area contributed by atoms with Crippen LogP contribution in [0.4, 0.5) is 8.78 Å². The monoisotopic (exact) mass is 528 g/mol. The summed E-state index contributed by atoms with van der Waals surface area (Å²) in [6, 6.07) is 11.8. The van der Waals surface area contributed by atoms with Gasteiger partial charge in [-0.2, -0.15) is 0 Å². The van der Waals surface area contributed by atoms with Crippen LogP contribution in [-0.2, 0) is 24.5 Å². The number of amides is 2. The number of halogens is 2. The lowest BCUT2D eigenvalue weighted by Crippen LogP contribution is -2.50. The molecule has 0 radical (unpaired) electrons. The Morgan fingerprint density at radius 1 is 1.16 bits per heavy atom. The Hall–Kier alpha value is -4.29. The van der Waals surface area contributed by atoms with Crippen molar-refractivity contribution in [2.24, 2.45) is 0 Å². The van der Waals surface area contributed by atoms with Gasteiger partial charge in [0.05, 0.1) is 18.9 Å². The van der Waals surface area contributed by atoms with E-state index in [0.29, 0.717) is 11.6 Å². The number of hydrogen-bond acceptors (Lipinski definition) is 7. The van der Waals surface area contributed by atoms with E-state index in [1.54, 1.807) is 24.3 Å². The van der Waals surface area contributed by atoms with Crippen LogP contribution < -0.4 is 20.9 Å². The number of fused-ring (bicyclic) bond motifs is 1. The zero-order valence-electron chi connectivity index (χ0n) is 20.5. The molecule has 0 unspecified atom stereocenters. The molecule has 2 amide bonds. The number of hydrogen-bond donors (Lipinski definition) is 3. The minimum Gasteiger partial charge on any atom is -0.482 e. The first kappa shape index (κ1) is 26.8. The second kappa shape index (κ2) is 11.8. The van der Waals surface area contributed by atoms with Gasteiger partial charge < -0.3 is 30.2 Å². The fraction of sp³-hybridized carbons (Fsp3) is 0.269. The molecule has 1 aromatic heterocycles. The summed E-state index contributed by atoms with van der Waals surface area (Å²) in [6.07, 6.45) is 0. The summed E-state index contributed by atoms with van der Waals surface area (Å²) in [5, 5.41) is 12.6. The molecule has 38 heavy (non-hydrogen) atoms. The Balaban J connectivity index is 1.75. The van der Waals surface area contributed by atoms with Crippen LogP contribution in [0, 0.1) is 11.6 Å². The smallest absolute Gasteiger partial charge is 0.277 e. The Labute approximate surface area is 216 Å². The van der Waals surface area contributed by atoms with E-state index in [9.17, 15) is 28.3 Å². The number of carbonyl (C=O) groups excluding carboxylic acids is 2. The van der Waals surface area contributed by atoms with Crippen molar-refractivity contribution in [3.63, 3.8) is 0 Å². The quantitative estimate of drug-likeness (QED) is 0.366. The molecule has 0 fully saturated rings. The largest absolute Gasteiger partial charge is 0.482 e. The number of methoxy groups -OCH3 is 1. The molecule has 0 saturated heterocycles. The molecule has 12 heteroatoms. The minimum absolute atomic E-state index is 0.00500. The Bertz CT molecular complexity index is 1400. The fourth-order valence-corrected chi connectivity index (χ4v) is 4.00. The van der Waals surface area contributed by atoms with Crippen molar-refractivity contribution in [1.82, 2.24) is 14.9 Å². The number of nitrogens with zero attached hydrogens (tertiary/aromatic N) is 2. The SMILES string of the molecule is COCCN1CNn2c(CO)c(C(=O)NCc3ccc(F)cc3F)c(=O)c(OCc3ccccc3)c2C1=O. The third kappa shape index (κ3) is 5.50. The van der Waals surface area contributed by atoms with E-state index in [4.69, 9.17) is 9.47 Å². The van der Waals surface area contributed by atoms with Crippen LogP contribution in [0.5, 0.6) is 5.75 Å². The third-order valence-electron chi connectivity index (χ3n) is 5.96. The summed E-state index contributed by atoms with van der Waals surface area (Å²) < 4.78 is 39.3. The van der Waals surface area contributed by atoms with E-state index in [-0.39, 0.29) is 55.7 Å². The summed E-state index contributed by atoms with van der Waals surface area (Å²) >= 11 is 0. The molecule has 1 aliphatic heterocycles. The van der Waals surface area contributed by atoms with Gasteiger partial charge in [0.15, 0.2) is 11.4 Å². The Morgan fingerprint density at radius 3 is 2.61 bits per heavy atom. The standard InChI is InChI=1S/C26H26F2N4O6/c1-37-10-9-31-15-30-32-20(13-33)21(25(35)29-12-17-7-8-18(27)11-19(17)28)23(34)24(22(32)26(31)36)38-14-16-5-3-2-4-6-16/h2-8,11,30,33H,9-10,12-15H2,1H3,(H,29,35). The highest BCUT2D eigenvalue weighted by Crippen LogP contribution is 2.24. The molecule has 0 spiro atoms. The van der Waals surface area contributed by atoms with Crippen LogP contribution in [-0.4, -0.2) is 53.4 Å². The predicted octanol–water partition coefficient (Wildman–Crippen LogP) is 1.73. The zero-order chi connectivity index (χ0) is 27.2. The van der Waals surface area contributed by atoms with Gasteiger partial charge in [0.1, 0.15) is 30.5 Å². The summed E-state index contributed by atoms with van der Waals surface area (Å²) in [4.78, 5) is 41.5. The van der Waals surface area contributed by atoms with Gasteiger partial charge in [-0.1, -0.05) is 36.4 Å². The van der Waals surface area contributed by atoms with Crippen molar-refractivity contribution in [1.29, 1.82) is 0 Å². The van der Waals surface area contributed by atoms with E-state index in [0.717, 1.165) is 6.07 Å². The lowest BCUT2D eigenvalue weighted by Gasteiger charge is -2.33. The highest BCUT2D eigenvalue weighted by molar-refractivity contribution is 6.00. The summed E-state index contributed by atoms with van der Waals surface area (Å²) in [5.41, 5.74) is 1.88. The number of benzene rings is 2. The molecule has 1 aliphatic rings. The molecule has 4 rings (SSSR count). The number of carbonyl (C=O) groups is 2. The van der Waals surface area contributed by atoms with Gasteiger partial charge in [-0.3, -0.25) is 19.1 Å². The van der Waals surface area contributed by atoms with E-state index in [1.165, 1.54) is 22.8 Å². The highest BCUT2D eigenvalue weighted by Gasteiger charge is 2.35. The van der Waals surface area contributed by atoms with Crippen molar-refractivity contribution in [2.45, 2.75) is 19.8 Å². The molecule has 2 aromatic carbocycles. The van der Waals surface area contributed by atoms with Gasteiger partial charge in [0, 0.05) is 31.8 Å². The van der Waals surface area contributed by atoms with Crippen molar-refractivity contribution in [3.05, 3.63) is 98.5 Å². The number of nitrogens with one attached hydrogen (secondary N) is 2. The van der Waals surface area contributed by atoms with Gasteiger partial charge in [-0.25, -0.2) is 8.78 Å². The minimum atomic E-state index is -0.932. The maximum atomic E-state index is 14.1. The van der Waals surface area contributed by atoms with Crippen molar-refractivity contribution in [3.8, 4) is 5.75 Å². The number of rotatable bonds is 10. The maximum absolute atomic E-state index is 14.1. The fourth-order valence-electron chi connectivity index (χ4n) is 4.00. The number of aromatic nitrogens is 1. The number of aliphatic hydroxyl groups excluding tert-OH is 1. The lowest BCUT2D eigenvalue weighted by molar-refractivity contribution is 0.0654. The first-order valence-electron chi connectivity index (χ1n) is 11.7. The van der Waals surface area contributed by atoms with Crippen LogP contribution >= 0.6 is 0 Å². The first-order valence-corrected chi connectivity index (χ1v) is 11.7. The van der Waals surface area contributed by atoms with Gasteiger partial charge in [0.2, 0.25) is 5.43 Å². The number of aliphatic hydroxyl groups is 1. The first-order chi connectivity index (χ1) is 18.3. The topological polar surface area (TPSA) is 122 Å². The van der Waals surface area contributed by atoms with Crippen LogP contribution in [0.3, 0.4) is 0 Å². The molecule has 0 saturated carbocycles. The van der Waals surface area contributed by atoms with Crippen molar-refractivity contribution >= 4 is 11.8 Å². The van der Waals surface area contributed by atoms with E-state index in [1.807, 2.05) is 6.07 Å². The normalized spacial score (nSPS) is 12.6. The van der Waals surface area contributed by atoms with Gasteiger partial charge in [-0.15, -0.1) is 0 Å². The van der Waals surface area contributed by atoms with Crippen LogP contribution in [0.1, 0.15) is 37.7 Å². The molecule has 200 valence electrons. The molecule has 3 N–H and O–H groups in total. The molecule has 2 heterocycles. The van der Waals surface area contributed by atoms with Gasteiger partial charge in [-0.05, 0) is 11.6 Å². The third-order valence-corrected chi connectivity index (χ3v) is 5.96. The van der Waals surface area contributed by atoms with Crippen LogP contribution in [0.25, 0.3) is 0 Å². The Morgan fingerprint density at radius 2 is 1.92 bits per heavy atom. The van der Waals surface area contributed by atoms with Gasteiger partial charge in [0.25, 0.3) is 11.8 Å². The number of pyridine rings is 1. The average molecular weight is 529 g/mol. The van der Waals surface area contributed by atoms with Crippen molar-refractivity contribution < 1.29 is 33.0 Å². The molecule has 0 atom stereocenters. The second-order valence-electron chi connectivity index (χ2n) is 8.39. The zero-order valence-corrected chi connectivity index (χ0v) is 20.5. The van der Waals surface area contributed by atoms with Crippen molar-refractivity contribution in [2.75, 3.05) is 32.4 Å². The summed E-state index contributed by atoms with van der Waals surface area (Å²) in [5.74, 6) is -3.52. The molecule has 0 aliphatic carbocycles. The summed E-state index contributed by atoms with van der Waals surface area (Å²) in [7, 11) is 1.49. The maximum Gasteiger partial charge on any atom is 0.277 e.